The summed E-state index contributed by atoms with van der Waals surface area (Å²) in [7, 11) is 0. The lowest BCUT2D eigenvalue weighted by Crippen LogP contribution is -2.69. The lowest BCUT2D eigenvalue weighted by atomic mass is 9.88. The number of carboxylic acid groups (broad SMARTS) is 1. The summed E-state index contributed by atoms with van der Waals surface area (Å²) in [6.45, 7) is -7.02. The number of carbonyl (C=O) groups excluding carboxylic acids is 2. The maximum atomic E-state index is 12.8. The molecule has 0 bridgehead atoms. The van der Waals surface area contributed by atoms with Crippen molar-refractivity contribution in [1.82, 2.24) is 10.6 Å². The quantitative estimate of drug-likeness (QED) is 0.0346. The van der Waals surface area contributed by atoms with Crippen LogP contribution in [0.2, 0.25) is 0 Å². The third-order valence-electron chi connectivity index (χ3n) is 15.9. The van der Waals surface area contributed by atoms with E-state index in [1.807, 2.05) is 0 Å². The highest BCUT2D eigenvalue weighted by Crippen LogP contribution is 2.38. The van der Waals surface area contributed by atoms with Crippen LogP contribution < -0.4 is 10.6 Å². The highest BCUT2D eigenvalue weighted by molar-refractivity contribution is 5.76. The first kappa shape index (κ1) is 76.0. The number of rotatable bonds is 28. The molecule has 0 aromatic heterocycles. The second-order valence-electron chi connectivity index (χ2n) is 22.3. The molecule has 0 aliphatic carbocycles. The van der Waals surface area contributed by atoms with Gasteiger partial charge in [-0.1, -0.05) is 0 Å². The van der Waals surface area contributed by atoms with Crippen LogP contribution in [-0.2, 0) is 71.2 Å². The van der Waals surface area contributed by atoms with Crippen LogP contribution >= 0.6 is 0 Å². The summed E-state index contributed by atoms with van der Waals surface area (Å²) in [6.07, 6.45) is -68.5. The molecule has 0 radical (unpaired) electrons. The molecule has 35 atom stereocenters. The van der Waals surface area contributed by atoms with E-state index in [2.05, 4.69) is 10.6 Å². The van der Waals surface area contributed by atoms with Gasteiger partial charge in [0.05, 0.1) is 65.0 Å². The van der Waals surface area contributed by atoms with E-state index in [4.69, 9.17) is 56.8 Å². The Labute approximate surface area is 508 Å². The highest BCUT2D eigenvalue weighted by atomic mass is 16.8. The first-order valence-electron chi connectivity index (χ1n) is 28.2. The molecule has 41 heteroatoms. The van der Waals surface area contributed by atoms with Crippen LogP contribution in [0, 0.1) is 0 Å². The van der Waals surface area contributed by atoms with E-state index in [1.54, 1.807) is 0 Å². The lowest BCUT2D eigenvalue weighted by Gasteiger charge is -2.49. The number of aliphatic hydroxyl groups excluding tert-OH is 23. The third kappa shape index (κ3) is 17.0. The van der Waals surface area contributed by atoms with Crippen molar-refractivity contribution in [3.8, 4) is 0 Å². The highest BCUT2D eigenvalue weighted by Gasteiger charge is 2.59. The van der Waals surface area contributed by atoms with Crippen molar-refractivity contribution in [3.63, 3.8) is 0 Å². The molecular formula is C49H84N2O39. The summed E-state index contributed by atoms with van der Waals surface area (Å²) >= 11 is 0. The second kappa shape index (κ2) is 33.1. The number of carboxylic acids is 1. The average molecular weight is 1330 g/mol. The fourth-order valence-corrected chi connectivity index (χ4v) is 10.9. The van der Waals surface area contributed by atoms with Crippen LogP contribution in [0.1, 0.15) is 20.3 Å². The van der Waals surface area contributed by atoms with Gasteiger partial charge in [-0.3, -0.25) is 9.59 Å². The van der Waals surface area contributed by atoms with Gasteiger partial charge in [-0.2, -0.15) is 0 Å². The monoisotopic (exact) mass is 1320 g/mol. The molecule has 0 aromatic carbocycles. The SMILES string of the molecule is CC(=O)N[C@H]1[C@H](OC[C@H]2O[C@@H](O[C@@H]([C@H](O)[C@@H](O)CO)[C@H](O)CO)[C@H](O)[C@@H](O[C@@H]3O[C@H](CO)[C@H](O)[C@H](O[C@@H]4O[C@H](CO)[C@H](O)[C@H](O)[C@H]4O)[C@H]3O)[C@H]2O)O[C@H](CO)[C@@H](O[C@@H]2O[C@H](CO[C@]3(C(=O)O)C[C@H](O)[C@@H](NC(C)=O)[C@H]([C@H](O)[C@H](O)CO)O3)[C@H](O)[C@H](O)[C@H]2O)[C@@H]1O. The minimum Gasteiger partial charge on any atom is -0.477 e. The van der Waals surface area contributed by atoms with Gasteiger partial charge in [0.1, 0.15) is 165 Å². The molecule has 0 unspecified atom stereocenters. The van der Waals surface area contributed by atoms with Gasteiger partial charge in [-0.25, -0.2) is 4.79 Å². The predicted molar refractivity (Wildman–Crippen MR) is 274 cm³/mol. The molecule has 2 amide bonds. The Hall–Kier alpha value is -2.99. The van der Waals surface area contributed by atoms with Gasteiger partial charge in [0.15, 0.2) is 31.5 Å². The Morgan fingerprint density at radius 1 is 0.478 bits per heavy atom. The minimum atomic E-state index is -3.02. The zero-order chi connectivity index (χ0) is 67.1. The molecule has 6 rings (SSSR count). The number of amides is 2. The topological polar surface area (TPSA) is 672 Å². The smallest absolute Gasteiger partial charge is 0.364 e. The first-order valence-corrected chi connectivity index (χ1v) is 28.2. The van der Waals surface area contributed by atoms with Crippen LogP contribution in [0.25, 0.3) is 0 Å². The number of nitrogens with one attached hydrogen (secondary N) is 2. The maximum absolute atomic E-state index is 12.8. The van der Waals surface area contributed by atoms with Crippen LogP contribution in [0.4, 0.5) is 0 Å². The molecular weight excluding hydrogens is 1240 g/mol. The van der Waals surface area contributed by atoms with E-state index >= 15 is 0 Å². The van der Waals surface area contributed by atoms with Gasteiger partial charge in [-0.15, -0.1) is 0 Å². The van der Waals surface area contributed by atoms with Crippen molar-refractivity contribution in [1.29, 1.82) is 0 Å². The summed E-state index contributed by atoms with van der Waals surface area (Å²) in [6, 6.07) is -3.49. The molecule has 90 heavy (non-hydrogen) atoms. The second-order valence-corrected chi connectivity index (χ2v) is 22.3. The summed E-state index contributed by atoms with van der Waals surface area (Å²) < 4.78 is 68.2. The Morgan fingerprint density at radius 2 is 0.911 bits per heavy atom. The van der Waals surface area contributed by atoms with Crippen molar-refractivity contribution in [2.24, 2.45) is 0 Å². The van der Waals surface area contributed by atoms with Crippen molar-refractivity contribution < 1.29 is 194 Å². The number of aliphatic hydroxyl groups is 23. The molecule has 6 aliphatic heterocycles. The van der Waals surface area contributed by atoms with Crippen molar-refractivity contribution in [2.75, 3.05) is 52.9 Å². The number of carbonyl (C=O) groups is 3. The van der Waals surface area contributed by atoms with Gasteiger partial charge in [0.25, 0.3) is 5.79 Å². The molecule has 6 fully saturated rings. The van der Waals surface area contributed by atoms with Crippen LogP contribution in [-0.4, -0.2) is 407 Å². The molecule has 6 heterocycles. The normalized spacial score (nSPS) is 44.8. The van der Waals surface area contributed by atoms with Crippen molar-refractivity contribution >= 4 is 17.8 Å². The first-order chi connectivity index (χ1) is 42.3. The number of hydrogen-bond acceptors (Lipinski definition) is 38. The summed E-state index contributed by atoms with van der Waals surface area (Å²) in [4.78, 5) is 37.6. The zero-order valence-electron chi connectivity index (χ0n) is 47.9. The predicted octanol–water partition coefficient (Wildman–Crippen LogP) is -17.1. The molecule has 0 spiro atoms. The van der Waals surface area contributed by atoms with Crippen LogP contribution in [0.5, 0.6) is 0 Å². The fraction of sp³-hybridized carbons (Fsp3) is 0.939. The van der Waals surface area contributed by atoms with Crippen LogP contribution in [0.15, 0.2) is 0 Å². The minimum absolute atomic E-state index is 0.811. The summed E-state index contributed by atoms with van der Waals surface area (Å²) in [5.74, 6) is -6.77. The maximum Gasteiger partial charge on any atom is 0.364 e. The molecule has 26 N–H and O–H groups in total. The number of ether oxygens (including phenoxy) is 12. The fourth-order valence-electron chi connectivity index (χ4n) is 10.9. The number of aliphatic carboxylic acids is 1. The van der Waals surface area contributed by atoms with Gasteiger partial charge in [-0.05, 0) is 0 Å². The number of hydrogen-bond donors (Lipinski definition) is 26. The Balaban J connectivity index is 1.24. The molecule has 41 nitrogen and oxygen atoms in total. The third-order valence-corrected chi connectivity index (χ3v) is 15.9. The van der Waals surface area contributed by atoms with E-state index in [9.17, 15) is 137 Å². The molecule has 6 aliphatic rings. The Kier molecular flexibility index (Phi) is 28.0. The van der Waals surface area contributed by atoms with Gasteiger partial charge >= 0.3 is 5.97 Å². The van der Waals surface area contributed by atoms with E-state index in [-0.39, 0.29) is 0 Å². The van der Waals surface area contributed by atoms with E-state index in [0.717, 1.165) is 13.8 Å². The Morgan fingerprint density at radius 3 is 1.42 bits per heavy atom. The van der Waals surface area contributed by atoms with Crippen molar-refractivity contribution in [2.45, 2.75) is 234 Å². The van der Waals surface area contributed by atoms with Gasteiger partial charge in [0.2, 0.25) is 11.8 Å². The zero-order valence-corrected chi connectivity index (χ0v) is 47.9. The van der Waals surface area contributed by atoms with E-state index in [0.29, 0.717) is 0 Å². The van der Waals surface area contributed by atoms with E-state index in [1.165, 1.54) is 0 Å². The summed E-state index contributed by atoms with van der Waals surface area (Å²) in [5.41, 5.74) is 0. The molecule has 0 saturated carbocycles. The lowest BCUT2D eigenvalue weighted by molar-refractivity contribution is -0.387. The van der Waals surface area contributed by atoms with E-state index < -0.39 is 291 Å². The standard InChI is InChI=1S/C49H84N2O39/c1-12(58)50-23-14(60)3-49(48(77)78,90-40(23)26(65)16(62)5-53)80-11-22-28(67)33(72)35(74)45(85-22)87-39-20(9-57)83-43(24(31(39)70)51-13(2)59)79-10-21-30(69)42(37(76)47(84-21)86-38(17(63)6-54)25(64)15(61)4-52)89-46-36(75)41(29(68)19(8-56)82-46)88-44-34(73)32(71)27(66)18(7-55)81-44/h14-47,52-57,60-76H,3-11H2,1-2H3,(H,50,58)(H,51,59)(H,77,78)/t14-,15-,16+,17+,18+,19+,20+,21+,22+,23+,24+,25+,26+,27-,28-,29-,30-,31+,32-,33-,34+,35+,36+,37+,38+,39+,40+,41-,42-,43+,44-,45-,46-,47-,49+/m0/s1. The molecule has 524 valence electrons. The summed E-state index contributed by atoms with van der Waals surface area (Å²) in [5, 5.41) is 261. The molecule has 0 aromatic rings. The average Bonchev–Trinajstić information content (AvgIpc) is 0.801. The van der Waals surface area contributed by atoms with Crippen molar-refractivity contribution in [3.05, 3.63) is 0 Å². The van der Waals surface area contributed by atoms with Crippen LogP contribution in [0.3, 0.4) is 0 Å². The van der Waals surface area contributed by atoms with Gasteiger partial charge in [0, 0.05) is 20.3 Å². The van der Waals surface area contributed by atoms with Gasteiger partial charge < -0.3 is 190 Å². The largest absolute Gasteiger partial charge is 0.477 e. The molecule has 6 saturated heterocycles. The Bertz CT molecular complexity index is 2240.